The van der Waals surface area contributed by atoms with Gasteiger partial charge in [0.2, 0.25) is 5.88 Å². The van der Waals surface area contributed by atoms with Gasteiger partial charge in [-0.05, 0) is 74.0 Å². The SMILES string of the molecule is N#Cc1c(N=Cc2cc(I)c(OCc3ccccc3)c(I)c2)oc(-c2ccccc2)c1-c1ccccc1. The molecule has 0 saturated carbocycles. The molecule has 37 heavy (non-hydrogen) atoms. The summed E-state index contributed by atoms with van der Waals surface area (Å²) in [5, 5.41) is 10.1. The first kappa shape index (κ1) is 25.2. The molecule has 4 aromatic carbocycles. The fourth-order valence-corrected chi connectivity index (χ4v) is 6.07. The van der Waals surface area contributed by atoms with Gasteiger partial charge in [-0.15, -0.1) is 0 Å². The molecule has 0 aliphatic carbocycles. The number of ether oxygens (including phenoxy) is 1. The van der Waals surface area contributed by atoms with Gasteiger partial charge in [0.15, 0.2) is 0 Å². The maximum atomic E-state index is 10.1. The summed E-state index contributed by atoms with van der Waals surface area (Å²) in [5.74, 6) is 1.76. The van der Waals surface area contributed by atoms with Crippen molar-refractivity contribution in [1.29, 1.82) is 5.26 Å². The van der Waals surface area contributed by atoms with Crippen molar-refractivity contribution in [1.82, 2.24) is 0 Å². The predicted octanol–water partition coefficient (Wildman–Crippen LogP) is 9.02. The van der Waals surface area contributed by atoms with Crippen LogP contribution in [0.2, 0.25) is 0 Å². The Morgan fingerprint density at radius 1 is 0.811 bits per heavy atom. The number of aliphatic imine (C=N–C) groups is 1. The number of rotatable bonds is 7. The maximum Gasteiger partial charge on any atom is 0.238 e. The Balaban J connectivity index is 1.49. The smallest absolute Gasteiger partial charge is 0.238 e. The van der Waals surface area contributed by atoms with E-state index in [0.717, 1.165) is 40.7 Å². The molecule has 6 heteroatoms. The summed E-state index contributed by atoms with van der Waals surface area (Å²) in [7, 11) is 0. The van der Waals surface area contributed by atoms with E-state index in [-0.39, 0.29) is 5.88 Å². The molecule has 0 saturated heterocycles. The van der Waals surface area contributed by atoms with Crippen LogP contribution in [0.4, 0.5) is 5.88 Å². The van der Waals surface area contributed by atoms with Gasteiger partial charge in [0.05, 0.1) is 7.14 Å². The largest absolute Gasteiger partial charge is 0.487 e. The van der Waals surface area contributed by atoms with Gasteiger partial charge in [-0.1, -0.05) is 91.0 Å². The molecule has 1 heterocycles. The van der Waals surface area contributed by atoms with E-state index >= 15 is 0 Å². The molecular weight excluding hydrogens is 686 g/mol. The van der Waals surface area contributed by atoms with Crippen LogP contribution < -0.4 is 4.74 Å². The Morgan fingerprint density at radius 3 is 1.97 bits per heavy atom. The van der Waals surface area contributed by atoms with Gasteiger partial charge in [0.1, 0.15) is 29.7 Å². The summed E-state index contributed by atoms with van der Waals surface area (Å²) in [6, 6.07) is 36.0. The average Bonchev–Trinajstić information content (AvgIpc) is 3.31. The van der Waals surface area contributed by atoms with Crippen LogP contribution in [0, 0.1) is 18.5 Å². The summed E-state index contributed by atoms with van der Waals surface area (Å²) in [5.41, 5.74) is 4.97. The first-order chi connectivity index (χ1) is 18.1. The van der Waals surface area contributed by atoms with Crippen molar-refractivity contribution in [3.8, 4) is 34.3 Å². The van der Waals surface area contributed by atoms with E-state index < -0.39 is 0 Å². The second-order valence-corrected chi connectivity index (χ2v) is 10.5. The third-order valence-electron chi connectivity index (χ3n) is 5.68. The minimum absolute atomic E-state index is 0.287. The molecule has 5 aromatic rings. The van der Waals surface area contributed by atoms with Crippen LogP contribution in [0.5, 0.6) is 5.75 Å². The summed E-state index contributed by atoms with van der Waals surface area (Å²) in [6.45, 7) is 0.503. The number of nitrogens with zero attached hydrogens (tertiary/aromatic N) is 2. The van der Waals surface area contributed by atoms with Gasteiger partial charge in [0, 0.05) is 17.3 Å². The van der Waals surface area contributed by atoms with Crippen molar-refractivity contribution in [2.45, 2.75) is 6.61 Å². The zero-order valence-corrected chi connectivity index (χ0v) is 23.9. The molecule has 4 nitrogen and oxygen atoms in total. The van der Waals surface area contributed by atoms with E-state index in [2.05, 4.69) is 56.2 Å². The predicted molar refractivity (Wildman–Crippen MR) is 164 cm³/mol. The van der Waals surface area contributed by atoms with Gasteiger partial charge in [0.25, 0.3) is 0 Å². The van der Waals surface area contributed by atoms with Gasteiger partial charge in [-0.25, -0.2) is 4.99 Å². The van der Waals surface area contributed by atoms with E-state index in [4.69, 9.17) is 9.15 Å². The van der Waals surface area contributed by atoms with E-state index in [0.29, 0.717) is 17.9 Å². The molecule has 1 aromatic heterocycles. The highest BCUT2D eigenvalue weighted by Crippen LogP contribution is 2.42. The number of hydrogen-bond donors (Lipinski definition) is 0. The standard InChI is InChI=1S/C31H20I2N2O2/c32-26-16-22(17-27(33)30(26)36-20-21-10-4-1-5-11-21)19-35-31-25(18-34)28(23-12-6-2-7-13-23)29(37-31)24-14-8-3-9-15-24/h1-17,19H,20H2. The second-order valence-electron chi connectivity index (χ2n) is 8.18. The van der Waals surface area contributed by atoms with Crippen LogP contribution in [0.3, 0.4) is 0 Å². The van der Waals surface area contributed by atoms with Gasteiger partial charge in [-0.3, -0.25) is 0 Å². The monoisotopic (exact) mass is 706 g/mol. The van der Waals surface area contributed by atoms with E-state index in [9.17, 15) is 5.26 Å². The number of halogens is 2. The second kappa shape index (κ2) is 11.8. The first-order valence-corrected chi connectivity index (χ1v) is 13.7. The zero-order valence-electron chi connectivity index (χ0n) is 19.6. The normalized spacial score (nSPS) is 10.9. The highest BCUT2D eigenvalue weighted by molar-refractivity contribution is 14.1. The van der Waals surface area contributed by atoms with Gasteiger partial charge < -0.3 is 9.15 Å². The molecular formula is C31H20I2N2O2. The molecule has 0 N–H and O–H groups in total. The van der Waals surface area contributed by atoms with Crippen LogP contribution in [-0.4, -0.2) is 6.21 Å². The maximum absolute atomic E-state index is 10.1. The molecule has 0 bridgehead atoms. The highest BCUT2D eigenvalue weighted by Gasteiger charge is 2.22. The first-order valence-electron chi connectivity index (χ1n) is 11.5. The lowest BCUT2D eigenvalue weighted by atomic mass is 9.98. The third kappa shape index (κ3) is 5.78. The third-order valence-corrected chi connectivity index (χ3v) is 7.28. The Morgan fingerprint density at radius 2 is 1.38 bits per heavy atom. The molecule has 0 atom stereocenters. The highest BCUT2D eigenvalue weighted by atomic mass is 127. The quantitative estimate of drug-likeness (QED) is 0.125. The lowest BCUT2D eigenvalue weighted by Gasteiger charge is -2.11. The number of furan rings is 1. The Kier molecular flexibility index (Phi) is 8.02. The van der Waals surface area contributed by atoms with Crippen molar-refractivity contribution in [3.05, 3.63) is 127 Å². The molecule has 0 unspecified atom stereocenters. The summed E-state index contributed by atoms with van der Waals surface area (Å²) >= 11 is 4.56. The van der Waals surface area contributed by atoms with E-state index in [1.807, 2.05) is 103 Å². The summed E-state index contributed by atoms with van der Waals surface area (Å²) in [4.78, 5) is 4.62. The molecule has 0 fully saturated rings. The Labute approximate surface area is 242 Å². The van der Waals surface area contributed by atoms with Crippen LogP contribution in [0.1, 0.15) is 16.7 Å². The minimum Gasteiger partial charge on any atom is -0.487 e. The van der Waals surface area contributed by atoms with Crippen molar-refractivity contribution in [2.75, 3.05) is 0 Å². The van der Waals surface area contributed by atoms with Crippen molar-refractivity contribution in [2.24, 2.45) is 4.99 Å². The number of hydrogen-bond acceptors (Lipinski definition) is 4. The van der Waals surface area contributed by atoms with Gasteiger partial charge >= 0.3 is 0 Å². The number of nitriles is 1. The molecule has 180 valence electrons. The lowest BCUT2D eigenvalue weighted by Crippen LogP contribution is -2.00. The van der Waals surface area contributed by atoms with E-state index in [1.54, 1.807) is 6.21 Å². The molecule has 0 amide bonds. The molecule has 0 aliphatic rings. The minimum atomic E-state index is 0.287. The topological polar surface area (TPSA) is 58.5 Å². The van der Waals surface area contributed by atoms with Crippen LogP contribution >= 0.6 is 45.2 Å². The molecule has 0 spiro atoms. The fraction of sp³-hybridized carbons (Fsp3) is 0.0323. The fourth-order valence-electron chi connectivity index (χ4n) is 3.94. The van der Waals surface area contributed by atoms with E-state index in [1.165, 1.54) is 0 Å². The van der Waals surface area contributed by atoms with Crippen molar-refractivity contribution in [3.63, 3.8) is 0 Å². The van der Waals surface area contributed by atoms with Gasteiger partial charge in [-0.2, -0.15) is 5.26 Å². The zero-order chi connectivity index (χ0) is 25.6. The van der Waals surface area contributed by atoms with Crippen molar-refractivity contribution < 1.29 is 9.15 Å². The molecule has 0 aliphatic heterocycles. The molecule has 0 radical (unpaired) electrons. The summed E-state index contributed by atoms with van der Waals surface area (Å²) < 4.78 is 14.3. The average molecular weight is 706 g/mol. The number of benzene rings is 4. The lowest BCUT2D eigenvalue weighted by molar-refractivity contribution is 0.302. The van der Waals surface area contributed by atoms with Crippen molar-refractivity contribution >= 4 is 57.3 Å². The van der Waals surface area contributed by atoms with Crippen LogP contribution in [-0.2, 0) is 6.61 Å². The Hall–Kier alpha value is -3.42. The molecule has 5 rings (SSSR count). The summed E-state index contributed by atoms with van der Waals surface area (Å²) in [6.07, 6.45) is 1.73. The van der Waals surface area contributed by atoms with Crippen LogP contribution in [0.25, 0.3) is 22.5 Å². The Bertz CT molecular complexity index is 1570. The van der Waals surface area contributed by atoms with Crippen LogP contribution in [0.15, 0.2) is 113 Å².